The van der Waals surface area contributed by atoms with Gasteiger partial charge in [-0.25, -0.2) is 4.79 Å². The molecule has 1 saturated heterocycles. The predicted molar refractivity (Wildman–Crippen MR) is 116 cm³/mol. The molecule has 0 radical (unpaired) electrons. The number of fused-ring (bicyclic) bond motifs is 1. The van der Waals surface area contributed by atoms with Crippen molar-refractivity contribution in [2.45, 2.75) is 38.4 Å². The predicted octanol–water partition coefficient (Wildman–Crippen LogP) is 2.57. The van der Waals surface area contributed by atoms with Crippen LogP contribution in [0.4, 0.5) is 4.79 Å². The summed E-state index contributed by atoms with van der Waals surface area (Å²) in [6, 6.07) is 7.39. The zero-order chi connectivity index (χ0) is 22.5. The number of ether oxygens (including phenoxy) is 3. The van der Waals surface area contributed by atoms with E-state index in [1.165, 1.54) is 0 Å². The Morgan fingerprint density at radius 1 is 1.28 bits per heavy atom. The van der Waals surface area contributed by atoms with Gasteiger partial charge in [-0.15, -0.1) is 11.3 Å². The summed E-state index contributed by atoms with van der Waals surface area (Å²) >= 11 is 1.59. The first-order valence-corrected chi connectivity index (χ1v) is 11.3. The first kappa shape index (κ1) is 21.9. The third-order valence-electron chi connectivity index (χ3n) is 5.31. The van der Waals surface area contributed by atoms with Crippen LogP contribution in [0.5, 0.6) is 11.5 Å². The molecule has 4 rings (SSSR count). The number of nitrogens with one attached hydrogen (secondary N) is 2. The fourth-order valence-electron chi connectivity index (χ4n) is 3.75. The van der Waals surface area contributed by atoms with Gasteiger partial charge in [0.25, 0.3) is 0 Å². The van der Waals surface area contributed by atoms with Crippen LogP contribution in [-0.2, 0) is 20.9 Å². The van der Waals surface area contributed by atoms with E-state index in [2.05, 4.69) is 10.6 Å². The lowest BCUT2D eigenvalue weighted by atomic mass is 10.0. The molecule has 2 atom stereocenters. The summed E-state index contributed by atoms with van der Waals surface area (Å²) in [5.74, 6) is 0.609. The van der Waals surface area contributed by atoms with Crippen molar-refractivity contribution in [1.29, 1.82) is 0 Å². The molecule has 1 aromatic carbocycles. The number of carbonyl (C=O) groups excluding carboxylic acids is 3. The molecule has 1 aromatic heterocycles. The van der Waals surface area contributed by atoms with Gasteiger partial charge in [0.2, 0.25) is 12.7 Å². The third kappa shape index (κ3) is 5.13. The quantitative estimate of drug-likeness (QED) is 0.588. The Hall–Kier alpha value is -3.27. The molecule has 0 bridgehead atoms. The van der Waals surface area contributed by atoms with Crippen LogP contribution < -0.4 is 20.1 Å². The number of esters is 1. The molecule has 3 heterocycles. The van der Waals surface area contributed by atoms with Crippen LogP contribution in [-0.4, -0.2) is 48.8 Å². The van der Waals surface area contributed by atoms with Gasteiger partial charge in [-0.3, -0.25) is 9.59 Å². The molecule has 32 heavy (non-hydrogen) atoms. The minimum atomic E-state index is -0.651. The maximum Gasteiger partial charge on any atom is 0.315 e. The first-order valence-electron chi connectivity index (χ1n) is 10.5. The van der Waals surface area contributed by atoms with Gasteiger partial charge in [0.15, 0.2) is 11.5 Å². The molecular weight excluding hydrogens is 434 g/mol. The molecular formula is C22H25N3O6S. The van der Waals surface area contributed by atoms with E-state index < -0.39 is 24.1 Å². The minimum absolute atomic E-state index is 0.0516. The van der Waals surface area contributed by atoms with E-state index in [0.717, 1.165) is 4.88 Å². The third-order valence-corrected chi connectivity index (χ3v) is 6.17. The number of carbonyl (C=O) groups is 3. The number of hydrogen-bond acceptors (Lipinski definition) is 7. The van der Waals surface area contributed by atoms with Gasteiger partial charge in [0.1, 0.15) is 6.04 Å². The minimum Gasteiger partial charge on any atom is -0.466 e. The average Bonchev–Trinajstić information content (AvgIpc) is 3.51. The van der Waals surface area contributed by atoms with Gasteiger partial charge in [0.05, 0.1) is 25.6 Å². The van der Waals surface area contributed by atoms with Crippen molar-refractivity contribution in [3.05, 3.63) is 46.2 Å². The summed E-state index contributed by atoms with van der Waals surface area (Å²) in [5.41, 5.74) is 0.675. The Bertz CT molecular complexity index is 980. The molecule has 10 heteroatoms. The second-order valence-electron chi connectivity index (χ2n) is 7.47. The highest BCUT2D eigenvalue weighted by atomic mass is 32.1. The van der Waals surface area contributed by atoms with Gasteiger partial charge in [-0.1, -0.05) is 12.1 Å². The van der Waals surface area contributed by atoms with Crippen LogP contribution in [0, 0.1) is 0 Å². The maximum absolute atomic E-state index is 12.7. The number of urea groups is 1. The van der Waals surface area contributed by atoms with Crippen LogP contribution in [0.3, 0.4) is 0 Å². The molecule has 0 unspecified atom stereocenters. The highest BCUT2D eigenvalue weighted by Gasteiger charge is 2.33. The number of likely N-dealkylation sites (tertiary alicyclic amines) is 1. The number of benzene rings is 1. The van der Waals surface area contributed by atoms with Gasteiger partial charge in [-0.2, -0.15) is 0 Å². The SMILES string of the molecule is CCOC(=O)C[C@H](NC(=O)N[C@H]1CCN(Cc2cccs2)C1=O)c1ccc2c(c1)OCO2. The summed E-state index contributed by atoms with van der Waals surface area (Å²) in [4.78, 5) is 40.4. The maximum atomic E-state index is 12.7. The lowest BCUT2D eigenvalue weighted by Gasteiger charge is -2.21. The fourth-order valence-corrected chi connectivity index (χ4v) is 4.47. The van der Waals surface area contributed by atoms with Gasteiger partial charge >= 0.3 is 12.0 Å². The molecule has 1 fully saturated rings. The average molecular weight is 460 g/mol. The van der Waals surface area contributed by atoms with E-state index in [0.29, 0.717) is 36.6 Å². The molecule has 3 amide bonds. The van der Waals surface area contributed by atoms with Crippen molar-refractivity contribution in [2.24, 2.45) is 0 Å². The van der Waals surface area contributed by atoms with Crippen molar-refractivity contribution in [2.75, 3.05) is 19.9 Å². The smallest absolute Gasteiger partial charge is 0.315 e. The zero-order valence-corrected chi connectivity index (χ0v) is 18.5. The van der Waals surface area contributed by atoms with E-state index in [1.54, 1.807) is 41.4 Å². The van der Waals surface area contributed by atoms with E-state index in [9.17, 15) is 14.4 Å². The number of hydrogen-bond donors (Lipinski definition) is 2. The van der Waals surface area contributed by atoms with Crippen LogP contribution in [0.2, 0.25) is 0 Å². The lowest BCUT2D eigenvalue weighted by Crippen LogP contribution is -2.47. The second-order valence-corrected chi connectivity index (χ2v) is 8.50. The number of nitrogens with zero attached hydrogens (tertiary/aromatic N) is 1. The lowest BCUT2D eigenvalue weighted by molar-refractivity contribution is -0.143. The summed E-state index contributed by atoms with van der Waals surface area (Å²) in [6.07, 6.45) is 0.480. The molecule has 9 nitrogen and oxygen atoms in total. The standard InChI is InChI=1S/C22H25N3O6S/c1-2-29-20(26)11-17(14-5-6-18-19(10-14)31-13-30-18)24-22(28)23-16-7-8-25(21(16)27)12-15-4-3-9-32-15/h3-6,9-10,16-17H,2,7-8,11-13H2,1H3,(H2,23,24,28)/t16-,17-/m0/s1. The molecule has 170 valence electrons. The molecule has 2 aliphatic rings. The van der Waals surface area contributed by atoms with Crippen molar-refractivity contribution in [1.82, 2.24) is 15.5 Å². The first-order chi connectivity index (χ1) is 15.5. The topological polar surface area (TPSA) is 106 Å². The monoisotopic (exact) mass is 459 g/mol. The van der Waals surface area contributed by atoms with Crippen LogP contribution >= 0.6 is 11.3 Å². The molecule has 2 N–H and O–H groups in total. The van der Waals surface area contributed by atoms with E-state index in [4.69, 9.17) is 14.2 Å². The Balaban J connectivity index is 1.39. The Morgan fingerprint density at radius 2 is 2.12 bits per heavy atom. The van der Waals surface area contributed by atoms with E-state index in [-0.39, 0.29) is 25.7 Å². The molecule has 2 aromatic rings. The largest absolute Gasteiger partial charge is 0.466 e. The molecule has 0 saturated carbocycles. The van der Waals surface area contributed by atoms with Crippen molar-refractivity contribution < 1.29 is 28.6 Å². The fraction of sp³-hybridized carbons (Fsp3) is 0.409. The highest BCUT2D eigenvalue weighted by molar-refractivity contribution is 7.09. The Kier molecular flexibility index (Phi) is 6.79. The summed E-state index contributed by atoms with van der Waals surface area (Å²) in [7, 11) is 0. The second kappa shape index (κ2) is 9.90. The van der Waals surface area contributed by atoms with Gasteiger partial charge < -0.3 is 29.7 Å². The number of rotatable bonds is 8. The summed E-state index contributed by atoms with van der Waals surface area (Å²) in [6.45, 7) is 3.22. The number of amides is 3. The van der Waals surface area contributed by atoms with Gasteiger partial charge in [-0.05, 0) is 42.5 Å². The van der Waals surface area contributed by atoms with Crippen molar-refractivity contribution in [3.63, 3.8) is 0 Å². The van der Waals surface area contributed by atoms with Crippen molar-refractivity contribution in [3.8, 4) is 11.5 Å². The molecule has 2 aliphatic heterocycles. The normalized spacial score (nSPS) is 17.8. The number of thiophene rings is 1. The highest BCUT2D eigenvalue weighted by Crippen LogP contribution is 2.35. The van der Waals surface area contributed by atoms with E-state index in [1.807, 2.05) is 17.5 Å². The molecule has 0 spiro atoms. The Labute approximate surface area is 189 Å². The van der Waals surface area contributed by atoms with Crippen LogP contribution in [0.1, 0.15) is 36.2 Å². The summed E-state index contributed by atoms with van der Waals surface area (Å²) < 4.78 is 15.8. The zero-order valence-electron chi connectivity index (χ0n) is 17.7. The van der Waals surface area contributed by atoms with E-state index >= 15 is 0 Å². The van der Waals surface area contributed by atoms with Crippen LogP contribution in [0.25, 0.3) is 0 Å². The Morgan fingerprint density at radius 3 is 2.91 bits per heavy atom. The summed E-state index contributed by atoms with van der Waals surface area (Å²) in [5, 5.41) is 7.53. The van der Waals surface area contributed by atoms with Crippen molar-refractivity contribution >= 4 is 29.2 Å². The van der Waals surface area contributed by atoms with Gasteiger partial charge in [0, 0.05) is 11.4 Å². The van der Waals surface area contributed by atoms with Crippen LogP contribution in [0.15, 0.2) is 35.7 Å². The molecule has 0 aliphatic carbocycles.